The topological polar surface area (TPSA) is 47.8 Å². The monoisotopic (exact) mass is 306 g/mol. The summed E-state index contributed by atoms with van der Waals surface area (Å²) in [6.45, 7) is 2.78. The maximum absolute atomic E-state index is 13.8. The summed E-state index contributed by atoms with van der Waals surface area (Å²) < 4.78 is 23.3. The number of benzene rings is 1. The molecule has 1 N–H and O–H groups in total. The predicted molar refractivity (Wildman–Crippen MR) is 80.6 cm³/mol. The summed E-state index contributed by atoms with van der Waals surface area (Å²) in [6.07, 6.45) is 5.39. The fourth-order valence-electron chi connectivity index (χ4n) is 2.50. The molecule has 110 valence electrons. The molecule has 0 aliphatic heterocycles. The smallest absolute Gasteiger partial charge is 0.178 e. The van der Waals surface area contributed by atoms with Crippen LogP contribution in [0.1, 0.15) is 13.0 Å². The number of fused-ring (bicyclic) bond motifs is 1. The van der Waals surface area contributed by atoms with Gasteiger partial charge >= 0.3 is 0 Å². The van der Waals surface area contributed by atoms with Crippen LogP contribution in [0.5, 0.6) is 5.75 Å². The molecule has 0 aliphatic carbocycles. The Hall–Kier alpha value is -2.15. The van der Waals surface area contributed by atoms with E-state index >= 15 is 0 Å². The van der Waals surface area contributed by atoms with Gasteiger partial charge in [-0.2, -0.15) is 0 Å². The van der Waals surface area contributed by atoms with Crippen molar-refractivity contribution in [3.05, 3.63) is 41.4 Å². The second-order valence-electron chi connectivity index (χ2n) is 4.91. The van der Waals surface area contributed by atoms with Crippen molar-refractivity contribution in [2.75, 3.05) is 7.11 Å². The molecule has 1 aromatic carbocycles. The third-order valence-electron chi connectivity index (χ3n) is 3.47. The molecule has 2 heterocycles. The first-order valence-corrected chi connectivity index (χ1v) is 6.94. The fraction of sp³-hybridized carbons (Fsp3) is 0.286. The number of aromatic nitrogens is 4. The van der Waals surface area contributed by atoms with Gasteiger partial charge in [-0.3, -0.25) is 0 Å². The van der Waals surface area contributed by atoms with E-state index < -0.39 is 5.82 Å². The summed E-state index contributed by atoms with van der Waals surface area (Å²) in [5.74, 6) is -0.198. The Balaban J connectivity index is 2.08. The van der Waals surface area contributed by atoms with Gasteiger partial charge in [-0.05, 0) is 19.1 Å². The third-order valence-corrected chi connectivity index (χ3v) is 3.76. The Labute approximate surface area is 126 Å². The zero-order valence-corrected chi connectivity index (χ0v) is 12.5. The van der Waals surface area contributed by atoms with Crippen LogP contribution in [-0.4, -0.2) is 26.2 Å². The molecular weight excluding hydrogens is 291 g/mol. The van der Waals surface area contributed by atoms with Gasteiger partial charge in [-0.1, -0.05) is 0 Å². The Morgan fingerprint density at radius 3 is 2.95 bits per heavy atom. The van der Waals surface area contributed by atoms with Gasteiger partial charge in [0.05, 0.1) is 30.5 Å². The summed E-state index contributed by atoms with van der Waals surface area (Å²) in [6, 6.07) is 3.17. The lowest BCUT2D eigenvalue weighted by atomic mass is 10.2. The molecule has 2 aromatic heterocycles. The molecule has 21 heavy (non-hydrogen) atoms. The zero-order chi connectivity index (χ0) is 15.0. The van der Waals surface area contributed by atoms with Crippen molar-refractivity contribution in [3.63, 3.8) is 0 Å². The van der Waals surface area contributed by atoms with Crippen molar-refractivity contribution in [3.8, 4) is 5.75 Å². The molecule has 0 radical (unpaired) electrons. The number of methoxy groups -OCH3 is 1. The van der Waals surface area contributed by atoms with Crippen LogP contribution in [0.15, 0.2) is 30.9 Å². The maximum Gasteiger partial charge on any atom is 0.178 e. The van der Waals surface area contributed by atoms with Gasteiger partial charge in [0, 0.05) is 31.1 Å². The SMILES string of the molecule is COc1cc2c(cc1F)[nH]c(=S)n2C(C)Cn1ccnc1. The highest BCUT2D eigenvalue weighted by Crippen LogP contribution is 2.27. The number of hydrogen-bond acceptors (Lipinski definition) is 3. The van der Waals surface area contributed by atoms with Gasteiger partial charge in [0.25, 0.3) is 0 Å². The number of rotatable bonds is 4. The summed E-state index contributed by atoms with van der Waals surface area (Å²) in [4.78, 5) is 7.07. The van der Waals surface area contributed by atoms with Crippen LogP contribution < -0.4 is 4.74 Å². The molecular formula is C14H15FN4OS. The molecule has 1 unspecified atom stereocenters. The zero-order valence-electron chi connectivity index (χ0n) is 11.7. The standard InChI is InChI=1S/C14H15FN4OS/c1-9(7-18-4-3-16-8-18)19-12-6-13(20-2)10(15)5-11(12)17-14(19)21/h3-6,8-9H,7H2,1-2H3,(H,17,21). The second kappa shape index (κ2) is 5.33. The average molecular weight is 306 g/mol. The minimum Gasteiger partial charge on any atom is -0.494 e. The van der Waals surface area contributed by atoms with E-state index in [2.05, 4.69) is 16.9 Å². The molecule has 0 spiro atoms. The summed E-state index contributed by atoms with van der Waals surface area (Å²) in [5, 5.41) is 0. The van der Waals surface area contributed by atoms with Crippen LogP contribution in [0, 0.1) is 10.6 Å². The summed E-state index contributed by atoms with van der Waals surface area (Å²) in [7, 11) is 1.45. The molecule has 0 bridgehead atoms. The fourth-order valence-corrected chi connectivity index (χ4v) is 2.89. The van der Waals surface area contributed by atoms with Gasteiger partial charge in [-0.15, -0.1) is 0 Å². The van der Waals surface area contributed by atoms with E-state index in [1.807, 2.05) is 15.3 Å². The highest BCUT2D eigenvalue weighted by molar-refractivity contribution is 7.71. The normalized spacial score (nSPS) is 12.7. The number of H-pyrrole nitrogens is 1. The van der Waals surface area contributed by atoms with Crippen LogP contribution in [0.2, 0.25) is 0 Å². The van der Waals surface area contributed by atoms with Crippen LogP contribution in [0.4, 0.5) is 4.39 Å². The molecule has 0 amide bonds. The number of nitrogens with zero attached hydrogens (tertiary/aromatic N) is 3. The first-order valence-electron chi connectivity index (χ1n) is 6.53. The Bertz CT molecular complexity index is 821. The van der Waals surface area contributed by atoms with Gasteiger partial charge in [0.1, 0.15) is 0 Å². The molecule has 3 aromatic rings. The highest BCUT2D eigenvalue weighted by Gasteiger charge is 2.15. The molecule has 5 nitrogen and oxygen atoms in total. The first kappa shape index (κ1) is 13.8. The quantitative estimate of drug-likeness (QED) is 0.752. The number of aromatic amines is 1. The lowest BCUT2D eigenvalue weighted by Crippen LogP contribution is -2.12. The summed E-state index contributed by atoms with van der Waals surface area (Å²) in [5.41, 5.74) is 1.49. The minimum atomic E-state index is -0.407. The van der Waals surface area contributed by atoms with Crippen molar-refractivity contribution in [2.45, 2.75) is 19.5 Å². The van der Waals surface area contributed by atoms with E-state index in [0.29, 0.717) is 10.3 Å². The minimum absolute atomic E-state index is 0.0932. The maximum atomic E-state index is 13.8. The van der Waals surface area contributed by atoms with Crippen molar-refractivity contribution >= 4 is 23.3 Å². The van der Waals surface area contributed by atoms with E-state index in [0.717, 1.165) is 12.1 Å². The Kier molecular flexibility index (Phi) is 3.50. The largest absolute Gasteiger partial charge is 0.494 e. The van der Waals surface area contributed by atoms with E-state index in [1.165, 1.54) is 13.2 Å². The number of halogens is 1. The first-order chi connectivity index (χ1) is 10.1. The van der Waals surface area contributed by atoms with E-state index in [9.17, 15) is 4.39 Å². The van der Waals surface area contributed by atoms with Crippen LogP contribution in [-0.2, 0) is 6.54 Å². The predicted octanol–water partition coefficient (Wildman–Crippen LogP) is 3.30. The molecule has 0 fully saturated rings. The van der Waals surface area contributed by atoms with Gasteiger partial charge < -0.3 is 18.9 Å². The number of ether oxygens (including phenoxy) is 1. The molecule has 1 atom stereocenters. The molecule has 7 heteroatoms. The Morgan fingerprint density at radius 2 is 2.29 bits per heavy atom. The van der Waals surface area contributed by atoms with Crippen LogP contribution >= 0.6 is 12.2 Å². The van der Waals surface area contributed by atoms with Gasteiger partial charge in [-0.25, -0.2) is 9.37 Å². The summed E-state index contributed by atoms with van der Waals surface area (Å²) >= 11 is 5.37. The molecule has 0 aliphatic rings. The van der Waals surface area contributed by atoms with Crippen molar-refractivity contribution in [1.29, 1.82) is 0 Å². The van der Waals surface area contributed by atoms with E-state index in [1.54, 1.807) is 18.6 Å². The van der Waals surface area contributed by atoms with Crippen molar-refractivity contribution < 1.29 is 9.13 Å². The third kappa shape index (κ3) is 2.44. The molecule has 0 saturated heterocycles. The lowest BCUT2D eigenvalue weighted by Gasteiger charge is -2.15. The van der Waals surface area contributed by atoms with Crippen LogP contribution in [0.25, 0.3) is 11.0 Å². The number of nitrogens with one attached hydrogen (secondary N) is 1. The number of hydrogen-bond donors (Lipinski definition) is 1. The highest BCUT2D eigenvalue weighted by atomic mass is 32.1. The second-order valence-corrected chi connectivity index (χ2v) is 5.30. The van der Waals surface area contributed by atoms with E-state index in [-0.39, 0.29) is 11.8 Å². The van der Waals surface area contributed by atoms with Crippen molar-refractivity contribution in [1.82, 2.24) is 19.1 Å². The van der Waals surface area contributed by atoms with Gasteiger partial charge in [0.2, 0.25) is 0 Å². The van der Waals surface area contributed by atoms with Crippen molar-refractivity contribution in [2.24, 2.45) is 0 Å². The van der Waals surface area contributed by atoms with Gasteiger partial charge in [0.15, 0.2) is 16.3 Å². The van der Waals surface area contributed by atoms with Crippen LogP contribution in [0.3, 0.4) is 0 Å². The molecule has 3 rings (SSSR count). The number of imidazole rings is 2. The lowest BCUT2D eigenvalue weighted by molar-refractivity contribution is 0.387. The average Bonchev–Trinajstić information content (AvgIpc) is 3.04. The van der Waals surface area contributed by atoms with E-state index in [4.69, 9.17) is 17.0 Å². The Morgan fingerprint density at radius 1 is 1.48 bits per heavy atom. The molecule has 0 saturated carbocycles.